The van der Waals surface area contributed by atoms with Gasteiger partial charge in [0.2, 0.25) is 0 Å². The molecule has 0 aliphatic heterocycles. The second-order valence-corrected chi connectivity index (χ2v) is 14.4. The predicted octanol–water partition coefficient (Wildman–Crippen LogP) is 12.5. The molecule has 0 aliphatic rings. The first-order valence-electron chi connectivity index (χ1n) is 20.9. The molecule has 0 heterocycles. The zero-order valence-electron chi connectivity index (χ0n) is 33.5. The third kappa shape index (κ3) is 37.2. The van der Waals surface area contributed by atoms with E-state index in [2.05, 4.69) is 93.4 Å². The van der Waals surface area contributed by atoms with Gasteiger partial charge in [0.15, 0.2) is 0 Å². The molecule has 0 aromatic rings. The van der Waals surface area contributed by atoms with Crippen LogP contribution in [0, 0.1) is 0 Å². The van der Waals surface area contributed by atoms with E-state index in [1.54, 1.807) is 0 Å². The lowest BCUT2D eigenvalue weighted by Crippen LogP contribution is -2.36. The summed E-state index contributed by atoms with van der Waals surface area (Å²) >= 11 is 0. The van der Waals surface area contributed by atoms with Crippen LogP contribution in [0.5, 0.6) is 0 Å². The number of nitrogens with zero attached hydrogens (tertiary/aromatic N) is 3. The van der Waals surface area contributed by atoms with E-state index in [1.807, 2.05) is 4.90 Å². The minimum absolute atomic E-state index is 0.119. The van der Waals surface area contributed by atoms with Gasteiger partial charge in [0.1, 0.15) is 6.61 Å². The van der Waals surface area contributed by atoms with Crippen molar-refractivity contribution >= 4 is 6.09 Å². The van der Waals surface area contributed by atoms with Crippen LogP contribution in [-0.2, 0) is 4.74 Å². The van der Waals surface area contributed by atoms with Crippen LogP contribution in [-0.4, -0.2) is 81.3 Å². The van der Waals surface area contributed by atoms with Gasteiger partial charge in [-0.25, -0.2) is 4.79 Å². The molecule has 1 amide bonds. The van der Waals surface area contributed by atoms with E-state index in [4.69, 9.17) is 4.74 Å². The standard InChI is InChI=1S/C44H83N3O2/c1-6-8-10-12-14-16-18-20-22-24-26-28-30-32-34-36-38-47(44(48)49-43-42-46(5)41-40-45(3)4)39-37-35-33-31-29-27-25-23-21-19-17-15-13-11-9-7-2/h14-17,20-23H,6-13,18-19,24-43H2,1-5H3/b16-14-,17-15-,22-20-,23-21-. The summed E-state index contributed by atoms with van der Waals surface area (Å²) in [5.41, 5.74) is 0. The van der Waals surface area contributed by atoms with Crippen LogP contribution < -0.4 is 0 Å². The number of allylic oxidation sites excluding steroid dienone is 8. The Hall–Kier alpha value is -1.85. The molecule has 286 valence electrons. The fourth-order valence-corrected chi connectivity index (χ4v) is 5.74. The van der Waals surface area contributed by atoms with Gasteiger partial charge in [0.25, 0.3) is 0 Å². The van der Waals surface area contributed by atoms with Crippen LogP contribution >= 0.6 is 0 Å². The molecular formula is C44H83N3O2. The van der Waals surface area contributed by atoms with Crippen LogP contribution in [0.4, 0.5) is 4.79 Å². The third-order valence-electron chi connectivity index (χ3n) is 9.14. The SMILES string of the molecule is CCCCC/C=C\C/C=C\CCCCCCCCN(CCCCCCCC/C=C\C/C=C\CCCCC)C(=O)OCCN(C)CCN(C)C. The summed E-state index contributed by atoms with van der Waals surface area (Å²) in [5, 5.41) is 0. The number of unbranched alkanes of at least 4 members (excludes halogenated alkanes) is 18. The molecule has 0 rings (SSSR count). The normalized spacial score (nSPS) is 12.3. The maximum absolute atomic E-state index is 13.0. The molecule has 0 saturated heterocycles. The van der Waals surface area contributed by atoms with Crippen LogP contribution in [0.15, 0.2) is 48.6 Å². The molecule has 0 radical (unpaired) electrons. The summed E-state index contributed by atoms with van der Waals surface area (Å²) in [6.07, 6.45) is 48.3. The van der Waals surface area contributed by atoms with E-state index >= 15 is 0 Å². The zero-order chi connectivity index (χ0) is 35.9. The predicted molar refractivity (Wildman–Crippen MR) is 218 cm³/mol. The maximum Gasteiger partial charge on any atom is 0.409 e. The first-order chi connectivity index (χ1) is 24.0. The van der Waals surface area contributed by atoms with E-state index in [9.17, 15) is 4.79 Å². The van der Waals surface area contributed by atoms with Crippen molar-refractivity contribution in [1.82, 2.24) is 14.7 Å². The van der Waals surface area contributed by atoms with Gasteiger partial charge in [-0.2, -0.15) is 0 Å². The van der Waals surface area contributed by atoms with Gasteiger partial charge in [0.05, 0.1) is 0 Å². The van der Waals surface area contributed by atoms with E-state index in [1.165, 1.54) is 128 Å². The van der Waals surface area contributed by atoms with Gasteiger partial charge in [-0.15, -0.1) is 0 Å². The zero-order valence-corrected chi connectivity index (χ0v) is 33.5. The van der Waals surface area contributed by atoms with Crippen LogP contribution in [0.25, 0.3) is 0 Å². The van der Waals surface area contributed by atoms with Gasteiger partial charge in [-0.1, -0.05) is 140 Å². The second-order valence-electron chi connectivity index (χ2n) is 14.4. The summed E-state index contributed by atoms with van der Waals surface area (Å²) in [5.74, 6) is 0. The Balaban J connectivity index is 4.20. The molecule has 0 bridgehead atoms. The highest BCUT2D eigenvalue weighted by atomic mass is 16.6. The molecule has 0 saturated carbocycles. The van der Waals surface area contributed by atoms with Crippen LogP contribution in [0.1, 0.15) is 168 Å². The average Bonchev–Trinajstić information content (AvgIpc) is 3.09. The molecule has 5 nitrogen and oxygen atoms in total. The number of likely N-dealkylation sites (N-methyl/N-ethyl adjacent to an activating group) is 2. The number of amides is 1. The summed E-state index contributed by atoms with van der Waals surface area (Å²) in [4.78, 5) is 19.4. The highest BCUT2D eigenvalue weighted by molar-refractivity contribution is 5.67. The van der Waals surface area contributed by atoms with Crippen molar-refractivity contribution in [3.63, 3.8) is 0 Å². The van der Waals surface area contributed by atoms with Crippen molar-refractivity contribution < 1.29 is 9.53 Å². The van der Waals surface area contributed by atoms with E-state index in [0.717, 1.165) is 58.4 Å². The van der Waals surface area contributed by atoms with Gasteiger partial charge < -0.3 is 19.4 Å². The van der Waals surface area contributed by atoms with Gasteiger partial charge in [-0.05, 0) is 98.2 Å². The quantitative estimate of drug-likeness (QED) is 0.0486. The van der Waals surface area contributed by atoms with Crippen molar-refractivity contribution in [2.75, 3.05) is 60.5 Å². The number of hydrogen-bond donors (Lipinski definition) is 0. The largest absolute Gasteiger partial charge is 0.448 e. The number of carbonyl (C=O) groups is 1. The van der Waals surface area contributed by atoms with Crippen molar-refractivity contribution in [2.45, 2.75) is 168 Å². The lowest BCUT2D eigenvalue weighted by molar-refractivity contribution is 0.0914. The molecular weight excluding hydrogens is 603 g/mol. The number of rotatable bonds is 36. The first kappa shape index (κ1) is 47.1. The molecule has 0 aromatic heterocycles. The van der Waals surface area contributed by atoms with Gasteiger partial charge >= 0.3 is 6.09 Å². The molecule has 0 atom stereocenters. The molecule has 49 heavy (non-hydrogen) atoms. The molecule has 0 unspecified atom stereocenters. The molecule has 0 aliphatic carbocycles. The average molecular weight is 686 g/mol. The summed E-state index contributed by atoms with van der Waals surface area (Å²) in [7, 11) is 6.28. The first-order valence-corrected chi connectivity index (χ1v) is 20.9. The Morgan fingerprint density at radius 3 is 1.24 bits per heavy atom. The summed E-state index contributed by atoms with van der Waals surface area (Å²) < 4.78 is 5.75. The lowest BCUT2D eigenvalue weighted by atomic mass is 10.1. The van der Waals surface area contributed by atoms with Gasteiger partial charge in [0, 0.05) is 32.7 Å². The molecule has 5 heteroatoms. The van der Waals surface area contributed by atoms with Crippen LogP contribution in [0.3, 0.4) is 0 Å². The minimum Gasteiger partial charge on any atom is -0.448 e. The highest BCUT2D eigenvalue weighted by Gasteiger charge is 2.14. The van der Waals surface area contributed by atoms with Crippen molar-refractivity contribution in [2.24, 2.45) is 0 Å². The van der Waals surface area contributed by atoms with Crippen molar-refractivity contribution in [1.29, 1.82) is 0 Å². The second kappa shape index (κ2) is 38.9. The Morgan fingerprint density at radius 1 is 0.449 bits per heavy atom. The Morgan fingerprint density at radius 2 is 0.837 bits per heavy atom. The summed E-state index contributed by atoms with van der Waals surface area (Å²) in [6, 6.07) is 0. The minimum atomic E-state index is -0.119. The van der Waals surface area contributed by atoms with E-state index < -0.39 is 0 Å². The Labute approximate surface area is 306 Å². The molecule has 0 N–H and O–H groups in total. The topological polar surface area (TPSA) is 36.0 Å². The molecule has 0 fully saturated rings. The van der Waals surface area contributed by atoms with Crippen LogP contribution in [0.2, 0.25) is 0 Å². The lowest BCUT2D eigenvalue weighted by Gasteiger charge is -2.24. The number of carbonyl (C=O) groups excluding carboxylic acids is 1. The maximum atomic E-state index is 13.0. The van der Waals surface area contributed by atoms with E-state index in [0.29, 0.717) is 6.61 Å². The van der Waals surface area contributed by atoms with Gasteiger partial charge in [-0.3, -0.25) is 0 Å². The number of ether oxygens (including phenoxy) is 1. The fourth-order valence-electron chi connectivity index (χ4n) is 5.74. The Kier molecular flexibility index (Phi) is 37.5. The van der Waals surface area contributed by atoms with Crippen molar-refractivity contribution in [3.05, 3.63) is 48.6 Å². The Bertz CT molecular complexity index is 756. The number of hydrogen-bond acceptors (Lipinski definition) is 4. The fraction of sp³-hybridized carbons (Fsp3) is 0.795. The molecule has 0 aromatic carbocycles. The molecule has 0 spiro atoms. The highest BCUT2D eigenvalue weighted by Crippen LogP contribution is 2.12. The third-order valence-corrected chi connectivity index (χ3v) is 9.14. The van der Waals surface area contributed by atoms with Crippen molar-refractivity contribution in [3.8, 4) is 0 Å². The smallest absolute Gasteiger partial charge is 0.409 e. The van der Waals surface area contributed by atoms with E-state index in [-0.39, 0.29) is 6.09 Å². The summed E-state index contributed by atoms with van der Waals surface area (Å²) in [6.45, 7) is 9.40. The monoisotopic (exact) mass is 686 g/mol.